The molecule has 0 aromatic carbocycles. The van der Waals surface area contributed by atoms with Crippen molar-refractivity contribution in [3.8, 4) is 0 Å². The van der Waals surface area contributed by atoms with Gasteiger partial charge in [-0.3, -0.25) is 9.59 Å². The number of carbonyl (C=O) groups excluding carboxylic acids is 2. The van der Waals surface area contributed by atoms with Gasteiger partial charge >= 0.3 is 0 Å². The monoisotopic (exact) mass is 290 g/mol. The van der Waals surface area contributed by atoms with E-state index in [1.54, 1.807) is 12.1 Å². The first-order chi connectivity index (χ1) is 9.65. The van der Waals surface area contributed by atoms with Crippen LogP contribution >= 0.6 is 11.3 Å². The standard InChI is InChI=1S/C14H14N2O3S/c1-9-8-11(15-13(17)10-4-2-7-19-10)20-12(9)14(18)16-5-3-6-16/h2,4,7-8H,3,5-6H2,1H3,(H,15,17). The van der Waals surface area contributed by atoms with Crippen LogP contribution in [0.15, 0.2) is 28.9 Å². The number of carbonyl (C=O) groups is 2. The fraction of sp³-hybridized carbons (Fsp3) is 0.286. The molecular formula is C14H14N2O3S. The molecule has 5 nitrogen and oxygen atoms in total. The molecule has 1 aliphatic rings. The summed E-state index contributed by atoms with van der Waals surface area (Å²) in [6, 6.07) is 5.08. The minimum Gasteiger partial charge on any atom is -0.459 e. The van der Waals surface area contributed by atoms with Gasteiger partial charge in [0.2, 0.25) is 0 Å². The van der Waals surface area contributed by atoms with Gasteiger partial charge in [-0.1, -0.05) is 0 Å². The van der Waals surface area contributed by atoms with E-state index >= 15 is 0 Å². The maximum Gasteiger partial charge on any atom is 0.291 e. The van der Waals surface area contributed by atoms with Crippen molar-refractivity contribution in [1.82, 2.24) is 4.90 Å². The van der Waals surface area contributed by atoms with Gasteiger partial charge in [-0.05, 0) is 37.1 Å². The van der Waals surface area contributed by atoms with Crippen molar-refractivity contribution in [2.24, 2.45) is 0 Å². The topological polar surface area (TPSA) is 62.6 Å². The normalized spacial score (nSPS) is 13.9. The molecule has 0 aliphatic carbocycles. The Morgan fingerprint density at radius 2 is 2.20 bits per heavy atom. The molecule has 6 heteroatoms. The second-order valence-corrected chi connectivity index (χ2v) is 5.75. The molecule has 0 radical (unpaired) electrons. The largest absolute Gasteiger partial charge is 0.459 e. The molecule has 2 amide bonds. The van der Waals surface area contributed by atoms with E-state index in [9.17, 15) is 9.59 Å². The molecule has 3 heterocycles. The lowest BCUT2D eigenvalue weighted by molar-refractivity contribution is 0.0656. The van der Waals surface area contributed by atoms with E-state index in [2.05, 4.69) is 5.32 Å². The van der Waals surface area contributed by atoms with Crippen LogP contribution in [0.25, 0.3) is 0 Å². The molecule has 3 rings (SSSR count). The molecule has 2 aromatic rings. The van der Waals surface area contributed by atoms with E-state index < -0.39 is 0 Å². The number of rotatable bonds is 3. The second-order valence-electron chi connectivity index (χ2n) is 4.70. The number of furan rings is 1. The summed E-state index contributed by atoms with van der Waals surface area (Å²) in [5.41, 5.74) is 0.890. The highest BCUT2D eigenvalue weighted by atomic mass is 32.1. The SMILES string of the molecule is Cc1cc(NC(=O)c2ccco2)sc1C(=O)N1CCC1. The number of amides is 2. The third-order valence-electron chi connectivity index (χ3n) is 3.24. The Balaban J connectivity index is 1.75. The van der Waals surface area contributed by atoms with Crippen LogP contribution in [0.5, 0.6) is 0 Å². The first-order valence-electron chi connectivity index (χ1n) is 6.40. The molecule has 2 aromatic heterocycles. The Hall–Kier alpha value is -2.08. The minimum atomic E-state index is -0.306. The summed E-state index contributed by atoms with van der Waals surface area (Å²) < 4.78 is 5.03. The fourth-order valence-electron chi connectivity index (χ4n) is 2.00. The molecule has 1 aliphatic heterocycles. The van der Waals surface area contributed by atoms with Gasteiger partial charge in [-0.2, -0.15) is 0 Å². The molecule has 0 saturated carbocycles. The molecule has 1 N–H and O–H groups in total. The van der Waals surface area contributed by atoms with Gasteiger partial charge in [0.05, 0.1) is 16.1 Å². The fourth-order valence-corrected chi connectivity index (χ4v) is 3.04. The highest BCUT2D eigenvalue weighted by Crippen LogP contribution is 2.29. The number of aryl methyl sites for hydroxylation is 1. The molecule has 0 unspecified atom stereocenters. The molecule has 0 bridgehead atoms. The summed E-state index contributed by atoms with van der Waals surface area (Å²) in [7, 11) is 0. The zero-order valence-electron chi connectivity index (χ0n) is 11.0. The smallest absolute Gasteiger partial charge is 0.291 e. The predicted molar refractivity (Wildman–Crippen MR) is 76.2 cm³/mol. The second kappa shape index (κ2) is 5.13. The van der Waals surface area contributed by atoms with E-state index in [-0.39, 0.29) is 17.6 Å². The zero-order valence-corrected chi connectivity index (χ0v) is 11.8. The Morgan fingerprint density at radius 1 is 1.40 bits per heavy atom. The number of likely N-dealkylation sites (tertiary alicyclic amines) is 1. The molecule has 1 saturated heterocycles. The Kier molecular flexibility index (Phi) is 3.31. The van der Waals surface area contributed by atoms with Crippen molar-refractivity contribution in [2.75, 3.05) is 18.4 Å². The van der Waals surface area contributed by atoms with Gasteiger partial charge in [-0.15, -0.1) is 11.3 Å². The molecule has 20 heavy (non-hydrogen) atoms. The Bertz CT molecular complexity index is 641. The number of hydrogen-bond acceptors (Lipinski definition) is 4. The van der Waals surface area contributed by atoms with Crippen LogP contribution in [0.1, 0.15) is 32.2 Å². The third-order valence-corrected chi connectivity index (χ3v) is 4.38. The van der Waals surface area contributed by atoms with E-state index in [4.69, 9.17) is 4.42 Å². The van der Waals surface area contributed by atoms with Crippen molar-refractivity contribution in [3.63, 3.8) is 0 Å². The van der Waals surface area contributed by atoms with Crippen molar-refractivity contribution in [1.29, 1.82) is 0 Å². The predicted octanol–water partition coefficient (Wildman–Crippen LogP) is 2.75. The molecule has 1 fully saturated rings. The number of nitrogens with one attached hydrogen (secondary N) is 1. The quantitative estimate of drug-likeness (QED) is 0.945. The first-order valence-corrected chi connectivity index (χ1v) is 7.21. The van der Waals surface area contributed by atoms with E-state index in [1.165, 1.54) is 17.6 Å². The molecular weight excluding hydrogens is 276 g/mol. The number of thiophene rings is 1. The van der Waals surface area contributed by atoms with Crippen LogP contribution < -0.4 is 5.32 Å². The van der Waals surface area contributed by atoms with Gasteiger partial charge in [0.15, 0.2) is 5.76 Å². The lowest BCUT2D eigenvalue weighted by Gasteiger charge is -2.30. The molecule has 0 spiro atoms. The molecule has 104 valence electrons. The van der Waals surface area contributed by atoms with Crippen molar-refractivity contribution < 1.29 is 14.0 Å². The minimum absolute atomic E-state index is 0.0530. The zero-order chi connectivity index (χ0) is 14.1. The lowest BCUT2D eigenvalue weighted by atomic mass is 10.2. The van der Waals surface area contributed by atoms with Gasteiger partial charge in [-0.25, -0.2) is 0 Å². The molecule has 0 atom stereocenters. The van der Waals surface area contributed by atoms with Gasteiger partial charge in [0.25, 0.3) is 11.8 Å². The summed E-state index contributed by atoms with van der Waals surface area (Å²) in [5.74, 6) is 0.00289. The maximum atomic E-state index is 12.2. The van der Waals surface area contributed by atoms with Crippen LogP contribution in [0.3, 0.4) is 0 Å². The van der Waals surface area contributed by atoms with Crippen LogP contribution in [0, 0.1) is 6.92 Å². The Morgan fingerprint density at radius 3 is 2.80 bits per heavy atom. The third kappa shape index (κ3) is 2.34. The average molecular weight is 290 g/mol. The maximum absolute atomic E-state index is 12.2. The van der Waals surface area contributed by atoms with Crippen LogP contribution in [-0.4, -0.2) is 29.8 Å². The highest BCUT2D eigenvalue weighted by Gasteiger charge is 2.25. The lowest BCUT2D eigenvalue weighted by Crippen LogP contribution is -2.41. The first kappa shape index (κ1) is 12.9. The van der Waals surface area contributed by atoms with Gasteiger partial charge < -0.3 is 14.6 Å². The summed E-state index contributed by atoms with van der Waals surface area (Å²) >= 11 is 1.31. The summed E-state index contributed by atoms with van der Waals surface area (Å²) in [6.45, 7) is 3.53. The number of anilines is 1. The van der Waals surface area contributed by atoms with E-state index in [0.717, 1.165) is 25.1 Å². The van der Waals surface area contributed by atoms with Crippen molar-refractivity contribution in [2.45, 2.75) is 13.3 Å². The average Bonchev–Trinajstić information content (AvgIpc) is 2.96. The van der Waals surface area contributed by atoms with Gasteiger partial charge in [0.1, 0.15) is 0 Å². The number of hydrogen-bond donors (Lipinski definition) is 1. The summed E-state index contributed by atoms with van der Waals surface area (Å²) in [5, 5.41) is 3.41. The van der Waals surface area contributed by atoms with Gasteiger partial charge in [0, 0.05) is 13.1 Å². The van der Waals surface area contributed by atoms with E-state index in [0.29, 0.717) is 9.88 Å². The van der Waals surface area contributed by atoms with Crippen LogP contribution in [0.2, 0.25) is 0 Å². The van der Waals surface area contributed by atoms with Crippen LogP contribution in [-0.2, 0) is 0 Å². The van der Waals surface area contributed by atoms with E-state index in [1.807, 2.05) is 17.9 Å². The Labute approximate surface area is 120 Å². The number of nitrogens with zero attached hydrogens (tertiary/aromatic N) is 1. The van der Waals surface area contributed by atoms with Crippen molar-refractivity contribution >= 4 is 28.2 Å². The summed E-state index contributed by atoms with van der Waals surface area (Å²) in [6.07, 6.45) is 2.52. The van der Waals surface area contributed by atoms with Crippen LogP contribution in [0.4, 0.5) is 5.00 Å². The highest BCUT2D eigenvalue weighted by molar-refractivity contribution is 7.18. The summed E-state index contributed by atoms with van der Waals surface area (Å²) in [4.78, 5) is 26.6. The van der Waals surface area contributed by atoms with Crippen molar-refractivity contribution in [3.05, 3.63) is 40.7 Å².